The van der Waals surface area contributed by atoms with Gasteiger partial charge in [0, 0.05) is 18.7 Å². The highest BCUT2D eigenvalue weighted by molar-refractivity contribution is 8.16. The molecular weight excluding hydrogens is 366 g/mol. The molecule has 8 heteroatoms. The normalized spacial score (nSPS) is 17.1. The fraction of sp³-hybridized carbons (Fsp3) is 0.526. The van der Waals surface area contributed by atoms with E-state index in [0.29, 0.717) is 31.6 Å². The summed E-state index contributed by atoms with van der Waals surface area (Å²) in [5, 5.41) is 15.0. The number of aromatic hydroxyl groups is 1. The Morgan fingerprint density at radius 2 is 2.15 bits per heavy atom. The summed E-state index contributed by atoms with van der Waals surface area (Å²) in [6.07, 6.45) is 2.99. The van der Waals surface area contributed by atoms with E-state index in [2.05, 4.69) is 10.6 Å². The van der Waals surface area contributed by atoms with Crippen LogP contribution in [0.25, 0.3) is 0 Å². The van der Waals surface area contributed by atoms with Crippen LogP contribution in [0.15, 0.2) is 18.2 Å². The van der Waals surface area contributed by atoms with Gasteiger partial charge in [-0.25, -0.2) is 0 Å². The Labute approximate surface area is 163 Å². The van der Waals surface area contributed by atoms with Crippen LogP contribution in [-0.4, -0.2) is 46.4 Å². The predicted molar refractivity (Wildman–Crippen MR) is 105 cm³/mol. The minimum absolute atomic E-state index is 0.0132. The molecule has 1 aromatic rings. The Bertz CT molecular complexity index is 696. The number of hydrogen-bond donors (Lipinski definition) is 4. The number of rotatable bonds is 10. The first-order chi connectivity index (χ1) is 12.9. The molecule has 1 heterocycles. The number of thioether (sulfide) groups is 1. The van der Waals surface area contributed by atoms with Crippen molar-refractivity contribution in [3.05, 3.63) is 29.3 Å². The maximum atomic E-state index is 11.9. The van der Waals surface area contributed by atoms with E-state index in [-0.39, 0.29) is 28.7 Å². The molecule has 148 valence electrons. The largest absolute Gasteiger partial charge is 0.508 e. The second-order valence-corrected chi connectivity index (χ2v) is 7.79. The number of unbranched alkanes of at least 4 members (excludes halogenated alkanes) is 1. The molecule has 5 N–H and O–H groups in total. The van der Waals surface area contributed by atoms with Crippen molar-refractivity contribution in [2.45, 2.75) is 51.1 Å². The van der Waals surface area contributed by atoms with Crippen LogP contribution in [0, 0.1) is 6.92 Å². The van der Waals surface area contributed by atoms with Gasteiger partial charge in [-0.2, -0.15) is 0 Å². The van der Waals surface area contributed by atoms with Crippen molar-refractivity contribution >= 4 is 28.7 Å². The monoisotopic (exact) mass is 393 g/mol. The first-order valence-electron chi connectivity index (χ1n) is 9.14. The maximum Gasteiger partial charge on any atom is 0.237 e. The molecule has 1 fully saturated rings. The van der Waals surface area contributed by atoms with Crippen molar-refractivity contribution in [1.82, 2.24) is 10.6 Å². The quantitative estimate of drug-likeness (QED) is 0.440. The lowest BCUT2D eigenvalue weighted by Crippen LogP contribution is -2.52. The molecule has 0 radical (unpaired) electrons. The van der Waals surface area contributed by atoms with Gasteiger partial charge in [-0.3, -0.25) is 14.4 Å². The molecule has 7 nitrogen and oxygen atoms in total. The summed E-state index contributed by atoms with van der Waals surface area (Å²) in [5.41, 5.74) is 7.65. The Morgan fingerprint density at radius 1 is 1.37 bits per heavy atom. The van der Waals surface area contributed by atoms with Crippen molar-refractivity contribution in [3.63, 3.8) is 0 Å². The minimum atomic E-state index is -0.628. The van der Waals surface area contributed by atoms with Crippen molar-refractivity contribution in [1.29, 1.82) is 0 Å². The third-order valence-electron chi connectivity index (χ3n) is 4.50. The third kappa shape index (κ3) is 6.88. The Morgan fingerprint density at radius 3 is 2.78 bits per heavy atom. The van der Waals surface area contributed by atoms with Gasteiger partial charge in [0.2, 0.25) is 16.9 Å². The summed E-state index contributed by atoms with van der Waals surface area (Å²) in [7, 11) is 0. The van der Waals surface area contributed by atoms with Gasteiger partial charge in [0.05, 0.1) is 6.04 Å². The molecule has 27 heavy (non-hydrogen) atoms. The lowest BCUT2D eigenvalue weighted by molar-refractivity contribution is -0.126. The molecule has 1 aliphatic heterocycles. The lowest BCUT2D eigenvalue weighted by Gasteiger charge is -2.25. The molecule has 2 atom stereocenters. The number of carbonyl (C=O) groups is 3. The SMILES string of the molecule is Cc1cc(CCC(=O)NCCCCC(N)C(=O)NC2CSC2=O)ccc1O. The third-order valence-corrected chi connectivity index (χ3v) is 5.57. The van der Waals surface area contributed by atoms with Crippen molar-refractivity contribution < 1.29 is 19.5 Å². The second-order valence-electron chi connectivity index (χ2n) is 6.76. The van der Waals surface area contributed by atoms with Crippen LogP contribution in [0.4, 0.5) is 0 Å². The smallest absolute Gasteiger partial charge is 0.237 e. The number of carbonyl (C=O) groups excluding carboxylic acids is 3. The van der Waals surface area contributed by atoms with Crippen LogP contribution in [-0.2, 0) is 20.8 Å². The van der Waals surface area contributed by atoms with Crippen molar-refractivity contribution in [3.8, 4) is 5.75 Å². The number of nitrogens with two attached hydrogens (primary N) is 1. The van der Waals surface area contributed by atoms with Crippen molar-refractivity contribution in [2.24, 2.45) is 5.73 Å². The molecule has 0 saturated carbocycles. The standard InChI is InChI=1S/C19H27N3O4S/c1-12-10-13(5-7-16(12)23)6-8-17(24)21-9-3-2-4-14(20)18(25)22-15-11-27-19(15)26/h5,7,10,14-15,23H,2-4,6,8-9,11,20H2,1H3,(H,21,24)(H,22,25). The number of benzene rings is 1. The molecular formula is C19H27N3O4S. The first-order valence-corrected chi connectivity index (χ1v) is 10.1. The van der Waals surface area contributed by atoms with E-state index in [1.807, 2.05) is 19.1 Å². The molecule has 0 spiro atoms. The minimum Gasteiger partial charge on any atom is -0.508 e. The van der Waals surface area contributed by atoms with E-state index in [1.54, 1.807) is 6.07 Å². The first kappa shape index (κ1) is 21.2. The van der Waals surface area contributed by atoms with E-state index in [1.165, 1.54) is 11.8 Å². The molecule has 1 saturated heterocycles. The van der Waals surface area contributed by atoms with Crippen LogP contribution in [0.1, 0.15) is 36.8 Å². The highest BCUT2D eigenvalue weighted by Crippen LogP contribution is 2.20. The van der Waals surface area contributed by atoms with Crippen LogP contribution in [0.2, 0.25) is 0 Å². The molecule has 1 aromatic carbocycles. The van der Waals surface area contributed by atoms with Gasteiger partial charge in [-0.15, -0.1) is 0 Å². The van der Waals surface area contributed by atoms with Crippen LogP contribution < -0.4 is 16.4 Å². The molecule has 0 aliphatic carbocycles. The Balaban J connectivity index is 1.53. The number of nitrogens with one attached hydrogen (secondary N) is 2. The van der Waals surface area contributed by atoms with Gasteiger partial charge in [0.1, 0.15) is 11.8 Å². The maximum absolute atomic E-state index is 11.9. The topological polar surface area (TPSA) is 122 Å². The average Bonchev–Trinajstić information content (AvgIpc) is 2.65. The molecule has 2 amide bonds. The highest BCUT2D eigenvalue weighted by atomic mass is 32.2. The average molecular weight is 394 g/mol. The van der Waals surface area contributed by atoms with Crippen LogP contribution in [0.5, 0.6) is 5.75 Å². The van der Waals surface area contributed by atoms with E-state index in [0.717, 1.165) is 24.0 Å². The number of phenolic OH excluding ortho intramolecular Hbond substituents is 1. The zero-order chi connectivity index (χ0) is 19.8. The molecule has 2 rings (SSSR count). The Kier molecular flexibility index (Phi) is 8.12. The summed E-state index contributed by atoms with van der Waals surface area (Å²) in [5.74, 6) is 0.562. The Hall–Kier alpha value is -2.06. The van der Waals surface area contributed by atoms with Gasteiger partial charge in [0.15, 0.2) is 0 Å². The zero-order valence-electron chi connectivity index (χ0n) is 15.5. The fourth-order valence-electron chi connectivity index (χ4n) is 2.68. The number of hydrogen-bond acceptors (Lipinski definition) is 6. The van der Waals surface area contributed by atoms with Gasteiger partial charge in [-0.1, -0.05) is 23.9 Å². The molecule has 0 bridgehead atoms. The van der Waals surface area contributed by atoms with E-state index >= 15 is 0 Å². The second kappa shape index (κ2) is 10.3. The summed E-state index contributed by atoms with van der Waals surface area (Å²) < 4.78 is 0. The number of aryl methyl sites for hydroxylation is 2. The molecule has 2 unspecified atom stereocenters. The fourth-order valence-corrected chi connectivity index (χ4v) is 3.29. The summed E-state index contributed by atoms with van der Waals surface area (Å²) in [6.45, 7) is 2.37. The van der Waals surface area contributed by atoms with Crippen molar-refractivity contribution in [2.75, 3.05) is 12.3 Å². The summed E-state index contributed by atoms with van der Waals surface area (Å²) in [4.78, 5) is 34.9. The lowest BCUT2D eigenvalue weighted by atomic mass is 10.1. The van der Waals surface area contributed by atoms with Crippen LogP contribution in [0.3, 0.4) is 0 Å². The van der Waals surface area contributed by atoms with Crippen LogP contribution >= 0.6 is 11.8 Å². The molecule has 0 aromatic heterocycles. The zero-order valence-corrected chi connectivity index (χ0v) is 16.3. The summed E-state index contributed by atoms with van der Waals surface area (Å²) in [6, 6.07) is 4.33. The predicted octanol–water partition coefficient (Wildman–Crippen LogP) is 1.01. The van der Waals surface area contributed by atoms with E-state index < -0.39 is 6.04 Å². The van der Waals surface area contributed by atoms with E-state index in [9.17, 15) is 19.5 Å². The van der Waals surface area contributed by atoms with E-state index in [4.69, 9.17) is 5.73 Å². The summed E-state index contributed by atoms with van der Waals surface area (Å²) >= 11 is 1.21. The van der Waals surface area contributed by atoms with Gasteiger partial charge in [-0.05, 0) is 49.8 Å². The number of amides is 2. The highest BCUT2D eigenvalue weighted by Gasteiger charge is 2.31. The van der Waals surface area contributed by atoms with Gasteiger partial charge < -0.3 is 21.5 Å². The van der Waals surface area contributed by atoms with Gasteiger partial charge in [0.25, 0.3) is 0 Å². The molecule has 1 aliphatic rings. The number of phenols is 1. The van der Waals surface area contributed by atoms with Gasteiger partial charge >= 0.3 is 0 Å².